The molecule has 0 bridgehead atoms. The molecular weight excluding hydrogens is 396 g/mol. The van der Waals surface area contributed by atoms with Crippen LogP contribution in [0.25, 0.3) is 0 Å². The van der Waals surface area contributed by atoms with E-state index >= 15 is 0 Å². The van der Waals surface area contributed by atoms with Crippen molar-refractivity contribution in [2.45, 2.75) is 25.8 Å². The van der Waals surface area contributed by atoms with Crippen LogP contribution in [-0.2, 0) is 17.6 Å². The Labute approximate surface area is 181 Å². The van der Waals surface area contributed by atoms with E-state index in [0.29, 0.717) is 17.1 Å². The van der Waals surface area contributed by atoms with E-state index in [0.717, 1.165) is 34.6 Å². The second-order valence-electron chi connectivity index (χ2n) is 7.28. The van der Waals surface area contributed by atoms with Crippen molar-refractivity contribution in [2.75, 3.05) is 12.4 Å². The number of carbonyl (C=O) groups excluding carboxylic acids is 1. The number of rotatable bonds is 5. The van der Waals surface area contributed by atoms with Crippen LogP contribution < -0.4 is 10.1 Å². The highest BCUT2D eigenvalue weighted by molar-refractivity contribution is 6.32. The lowest BCUT2D eigenvalue weighted by Gasteiger charge is -2.12. The Kier molecular flexibility index (Phi) is 5.86. The van der Waals surface area contributed by atoms with E-state index in [9.17, 15) is 4.79 Å². The zero-order chi connectivity index (χ0) is 21.1. The third kappa shape index (κ3) is 4.24. The van der Waals surface area contributed by atoms with Crippen molar-refractivity contribution >= 4 is 28.9 Å². The molecule has 5 heteroatoms. The Morgan fingerprint density at radius 3 is 2.53 bits per heavy atom. The zero-order valence-corrected chi connectivity index (χ0v) is 17.7. The number of hydrogen-bond donors (Lipinski definition) is 1. The van der Waals surface area contributed by atoms with Gasteiger partial charge in [0.05, 0.1) is 18.5 Å². The molecule has 30 heavy (non-hydrogen) atoms. The number of nitrogens with zero attached hydrogens (tertiary/aromatic N) is 1. The fourth-order valence-electron chi connectivity index (χ4n) is 3.64. The van der Waals surface area contributed by atoms with Gasteiger partial charge in [-0.25, -0.2) is 0 Å². The maximum atomic E-state index is 13.0. The van der Waals surface area contributed by atoms with E-state index in [1.807, 2.05) is 48.5 Å². The van der Waals surface area contributed by atoms with Crippen molar-refractivity contribution in [3.05, 3.63) is 94.0 Å². The van der Waals surface area contributed by atoms with Crippen LogP contribution in [0.2, 0.25) is 5.02 Å². The highest BCUT2D eigenvalue weighted by Crippen LogP contribution is 2.28. The van der Waals surface area contributed by atoms with Crippen molar-refractivity contribution in [1.82, 2.24) is 0 Å². The number of benzodiazepines with no additional fused rings is 1. The molecule has 0 radical (unpaired) electrons. The lowest BCUT2D eigenvalue weighted by Crippen LogP contribution is -2.27. The quantitative estimate of drug-likeness (QED) is 0.610. The first-order chi connectivity index (χ1) is 14.6. The van der Waals surface area contributed by atoms with E-state index in [2.05, 4.69) is 24.4 Å². The summed E-state index contributed by atoms with van der Waals surface area (Å²) < 4.78 is 5.28. The SMILES string of the molecule is CCc1cccc(CC2N=C(c3ccc(OC)cc3)c3cc(Cl)ccc3NC2=O)c1. The van der Waals surface area contributed by atoms with Gasteiger partial charge in [-0.15, -0.1) is 0 Å². The van der Waals surface area contributed by atoms with E-state index in [-0.39, 0.29) is 5.91 Å². The van der Waals surface area contributed by atoms with Crippen LogP contribution in [0.4, 0.5) is 5.69 Å². The van der Waals surface area contributed by atoms with Gasteiger partial charge in [0.2, 0.25) is 5.91 Å². The molecule has 1 amide bonds. The molecule has 4 nitrogen and oxygen atoms in total. The number of hydrogen-bond acceptors (Lipinski definition) is 3. The van der Waals surface area contributed by atoms with Gasteiger partial charge < -0.3 is 10.1 Å². The monoisotopic (exact) mass is 418 g/mol. The number of benzene rings is 3. The number of fused-ring (bicyclic) bond motifs is 1. The van der Waals surface area contributed by atoms with Gasteiger partial charge in [-0.1, -0.05) is 42.8 Å². The summed E-state index contributed by atoms with van der Waals surface area (Å²) in [6.07, 6.45) is 1.48. The number of aliphatic imine (C=N–C) groups is 1. The van der Waals surface area contributed by atoms with E-state index in [4.69, 9.17) is 21.3 Å². The van der Waals surface area contributed by atoms with Crippen molar-refractivity contribution in [3.63, 3.8) is 0 Å². The van der Waals surface area contributed by atoms with E-state index in [1.54, 1.807) is 13.2 Å². The molecule has 152 valence electrons. The summed E-state index contributed by atoms with van der Waals surface area (Å²) in [7, 11) is 1.64. The Hall–Kier alpha value is -3.11. The molecule has 0 saturated carbocycles. The molecule has 0 fully saturated rings. The molecule has 0 spiro atoms. The number of ether oxygens (including phenoxy) is 1. The zero-order valence-electron chi connectivity index (χ0n) is 17.0. The predicted octanol–water partition coefficient (Wildman–Crippen LogP) is 5.31. The van der Waals surface area contributed by atoms with Crippen molar-refractivity contribution in [3.8, 4) is 5.75 Å². The molecule has 1 atom stereocenters. The molecule has 3 aromatic rings. The molecule has 0 aromatic heterocycles. The van der Waals surface area contributed by atoms with Gasteiger partial charge in [0.25, 0.3) is 0 Å². The highest BCUT2D eigenvalue weighted by atomic mass is 35.5. The summed E-state index contributed by atoms with van der Waals surface area (Å²) in [6, 6.07) is 20.9. The molecule has 4 rings (SSSR count). The minimum atomic E-state index is -0.541. The second kappa shape index (κ2) is 8.72. The molecule has 3 aromatic carbocycles. The summed E-state index contributed by atoms with van der Waals surface area (Å²) in [6.45, 7) is 2.12. The summed E-state index contributed by atoms with van der Waals surface area (Å²) in [5.41, 5.74) is 5.51. The fourth-order valence-corrected chi connectivity index (χ4v) is 3.81. The van der Waals surface area contributed by atoms with Gasteiger partial charge in [0.15, 0.2) is 0 Å². The van der Waals surface area contributed by atoms with Crippen LogP contribution in [0.5, 0.6) is 5.75 Å². The summed E-state index contributed by atoms with van der Waals surface area (Å²) in [4.78, 5) is 17.9. The van der Waals surface area contributed by atoms with E-state index in [1.165, 1.54) is 5.56 Å². The van der Waals surface area contributed by atoms with Gasteiger partial charge in [0.1, 0.15) is 11.8 Å². The number of amides is 1. The van der Waals surface area contributed by atoms with Crippen LogP contribution in [0.15, 0.2) is 71.7 Å². The van der Waals surface area contributed by atoms with Gasteiger partial charge in [0, 0.05) is 22.6 Å². The summed E-state index contributed by atoms with van der Waals surface area (Å²) in [5, 5.41) is 3.63. The largest absolute Gasteiger partial charge is 0.497 e. The summed E-state index contributed by atoms with van der Waals surface area (Å²) >= 11 is 6.28. The van der Waals surface area contributed by atoms with Gasteiger partial charge in [-0.2, -0.15) is 0 Å². The van der Waals surface area contributed by atoms with Crippen LogP contribution in [-0.4, -0.2) is 24.8 Å². The average molecular weight is 419 g/mol. The predicted molar refractivity (Wildman–Crippen MR) is 122 cm³/mol. The molecule has 1 heterocycles. The van der Waals surface area contributed by atoms with Crippen molar-refractivity contribution < 1.29 is 9.53 Å². The average Bonchev–Trinajstić information content (AvgIpc) is 2.90. The maximum absolute atomic E-state index is 13.0. The Balaban J connectivity index is 1.79. The normalized spacial score (nSPS) is 15.6. The lowest BCUT2D eigenvalue weighted by molar-refractivity contribution is -0.117. The van der Waals surface area contributed by atoms with Crippen molar-refractivity contribution in [1.29, 1.82) is 0 Å². The van der Waals surface area contributed by atoms with Crippen LogP contribution >= 0.6 is 11.6 Å². The molecule has 1 aliphatic heterocycles. The molecule has 0 saturated heterocycles. The van der Waals surface area contributed by atoms with Crippen molar-refractivity contribution in [2.24, 2.45) is 4.99 Å². The van der Waals surface area contributed by atoms with Gasteiger partial charge in [-0.3, -0.25) is 9.79 Å². The number of nitrogens with one attached hydrogen (secondary N) is 1. The fraction of sp³-hybridized carbons (Fsp3) is 0.200. The minimum Gasteiger partial charge on any atom is -0.497 e. The molecule has 1 aliphatic rings. The van der Waals surface area contributed by atoms with Crippen LogP contribution in [0, 0.1) is 0 Å². The maximum Gasteiger partial charge on any atom is 0.249 e. The molecular formula is C25H23ClN2O2. The highest BCUT2D eigenvalue weighted by Gasteiger charge is 2.26. The number of aryl methyl sites for hydroxylation is 1. The lowest BCUT2D eigenvalue weighted by atomic mass is 10.00. The number of halogens is 1. The Morgan fingerprint density at radius 1 is 1.03 bits per heavy atom. The summed E-state index contributed by atoms with van der Waals surface area (Å²) in [5.74, 6) is 0.644. The molecule has 1 N–H and O–H groups in total. The smallest absolute Gasteiger partial charge is 0.249 e. The number of carbonyl (C=O) groups is 1. The van der Waals surface area contributed by atoms with Crippen LogP contribution in [0.1, 0.15) is 29.2 Å². The third-order valence-electron chi connectivity index (χ3n) is 5.27. The first-order valence-electron chi connectivity index (χ1n) is 9.98. The third-order valence-corrected chi connectivity index (χ3v) is 5.51. The van der Waals surface area contributed by atoms with E-state index < -0.39 is 6.04 Å². The number of anilines is 1. The molecule has 0 aliphatic carbocycles. The molecule has 1 unspecified atom stereocenters. The Morgan fingerprint density at radius 2 is 1.80 bits per heavy atom. The van der Waals surface area contributed by atoms with Gasteiger partial charge in [-0.05, 0) is 60.0 Å². The topological polar surface area (TPSA) is 50.7 Å². The standard InChI is InChI=1S/C25H23ClN2O2/c1-3-16-5-4-6-17(13-16)14-23-25(29)28-22-12-9-19(26)15-21(22)24(27-23)18-7-10-20(30-2)11-8-18/h4-13,15,23H,3,14H2,1-2H3,(H,28,29). The first kappa shape index (κ1) is 20.2. The van der Waals surface area contributed by atoms with Gasteiger partial charge >= 0.3 is 0 Å². The second-order valence-corrected chi connectivity index (χ2v) is 7.72. The van der Waals surface area contributed by atoms with Crippen LogP contribution in [0.3, 0.4) is 0 Å². The number of methoxy groups -OCH3 is 1. The first-order valence-corrected chi connectivity index (χ1v) is 10.4. The minimum absolute atomic E-state index is 0.121. The Bertz CT molecular complexity index is 1110.